The summed E-state index contributed by atoms with van der Waals surface area (Å²) in [6, 6.07) is 4.99. The Balaban J connectivity index is 2.36. The largest absolute Gasteiger partial charge is 0.423 e. The average Bonchev–Trinajstić information content (AvgIpc) is 2.46. The zero-order chi connectivity index (χ0) is 16.4. The minimum atomic E-state index is -4.23. The molecule has 0 atom stereocenters. The van der Waals surface area contributed by atoms with Gasteiger partial charge in [-0.25, -0.2) is 4.79 Å². The van der Waals surface area contributed by atoms with E-state index in [-0.39, 0.29) is 10.6 Å². The zero-order valence-corrected chi connectivity index (χ0v) is 13.5. The molecule has 0 aromatic heterocycles. The van der Waals surface area contributed by atoms with Crippen LogP contribution in [0.15, 0.2) is 41.3 Å². The van der Waals surface area contributed by atoms with Crippen molar-refractivity contribution >= 4 is 16.1 Å². The summed E-state index contributed by atoms with van der Waals surface area (Å²) in [4.78, 5) is 11.3. The molecule has 1 rings (SSSR count). The molecule has 6 heteroatoms. The third-order valence-electron chi connectivity index (χ3n) is 3.07. The van der Waals surface area contributed by atoms with Gasteiger partial charge in [-0.3, -0.25) is 4.55 Å². The van der Waals surface area contributed by atoms with Crippen LogP contribution in [0.2, 0.25) is 0 Å². The van der Waals surface area contributed by atoms with Gasteiger partial charge in [0, 0.05) is 6.08 Å². The second kappa shape index (κ2) is 9.38. The van der Waals surface area contributed by atoms with E-state index >= 15 is 0 Å². The first kappa shape index (κ1) is 18.4. The van der Waals surface area contributed by atoms with Crippen LogP contribution < -0.4 is 4.74 Å². The third-order valence-corrected chi connectivity index (χ3v) is 3.94. The Morgan fingerprint density at radius 1 is 1.14 bits per heavy atom. The van der Waals surface area contributed by atoms with Gasteiger partial charge in [-0.05, 0) is 37.1 Å². The van der Waals surface area contributed by atoms with Gasteiger partial charge in [0.05, 0.1) is 4.90 Å². The van der Waals surface area contributed by atoms with E-state index in [4.69, 9.17) is 9.29 Å². The van der Waals surface area contributed by atoms with Crippen LogP contribution in [0.1, 0.15) is 45.4 Å². The van der Waals surface area contributed by atoms with Crippen LogP contribution in [0.5, 0.6) is 5.75 Å². The normalized spacial score (nSPS) is 11.7. The summed E-state index contributed by atoms with van der Waals surface area (Å²) in [5.74, 6) is -0.279. The maximum atomic E-state index is 11.6. The molecule has 0 aliphatic rings. The lowest BCUT2D eigenvalue weighted by Gasteiger charge is -2.02. The summed E-state index contributed by atoms with van der Waals surface area (Å²) in [7, 11) is -4.23. The number of rotatable bonds is 9. The average molecular weight is 326 g/mol. The van der Waals surface area contributed by atoms with Crippen LogP contribution in [0, 0.1) is 0 Å². The molecule has 0 unspecified atom stereocenters. The molecule has 0 aliphatic carbocycles. The topological polar surface area (TPSA) is 80.7 Å². The van der Waals surface area contributed by atoms with Crippen molar-refractivity contribution in [1.82, 2.24) is 0 Å². The van der Waals surface area contributed by atoms with Crippen LogP contribution >= 0.6 is 0 Å². The summed E-state index contributed by atoms with van der Waals surface area (Å²) < 4.78 is 35.6. The Hall–Kier alpha value is -1.66. The summed E-state index contributed by atoms with van der Waals surface area (Å²) in [5, 5.41) is 0. The molecule has 0 saturated carbocycles. The van der Waals surface area contributed by atoms with Crippen molar-refractivity contribution in [2.75, 3.05) is 0 Å². The van der Waals surface area contributed by atoms with Gasteiger partial charge in [0.25, 0.3) is 10.1 Å². The molecule has 0 radical (unpaired) electrons. The molecule has 0 amide bonds. The van der Waals surface area contributed by atoms with E-state index in [2.05, 4.69) is 6.92 Å². The molecule has 0 aliphatic heterocycles. The summed E-state index contributed by atoms with van der Waals surface area (Å²) >= 11 is 0. The zero-order valence-electron chi connectivity index (χ0n) is 12.7. The van der Waals surface area contributed by atoms with Crippen molar-refractivity contribution in [2.45, 2.75) is 50.3 Å². The number of ether oxygens (including phenoxy) is 1. The van der Waals surface area contributed by atoms with Gasteiger partial charge in [-0.2, -0.15) is 8.42 Å². The van der Waals surface area contributed by atoms with Crippen molar-refractivity contribution in [3.8, 4) is 5.75 Å². The second-order valence-electron chi connectivity index (χ2n) is 4.97. The third kappa shape index (κ3) is 7.38. The van der Waals surface area contributed by atoms with E-state index < -0.39 is 16.1 Å². The lowest BCUT2D eigenvalue weighted by atomic mass is 10.1. The van der Waals surface area contributed by atoms with Crippen LogP contribution in [-0.2, 0) is 14.9 Å². The Morgan fingerprint density at radius 2 is 1.77 bits per heavy atom. The van der Waals surface area contributed by atoms with Crippen LogP contribution in [-0.4, -0.2) is 18.9 Å². The number of esters is 1. The van der Waals surface area contributed by atoms with Gasteiger partial charge in [0.2, 0.25) is 0 Å². The van der Waals surface area contributed by atoms with Gasteiger partial charge in [0.15, 0.2) is 0 Å². The molecule has 0 heterocycles. The highest BCUT2D eigenvalue weighted by atomic mass is 32.2. The Labute approximate surface area is 131 Å². The number of allylic oxidation sites excluding steroid dienone is 1. The molecule has 122 valence electrons. The Bertz CT molecular complexity index is 587. The second-order valence-corrected chi connectivity index (χ2v) is 6.39. The van der Waals surface area contributed by atoms with Crippen molar-refractivity contribution in [3.63, 3.8) is 0 Å². The van der Waals surface area contributed by atoms with E-state index in [9.17, 15) is 13.2 Å². The predicted octanol–water partition coefficient (Wildman–Crippen LogP) is 3.76. The molecule has 0 spiro atoms. The predicted molar refractivity (Wildman–Crippen MR) is 84.4 cm³/mol. The molecule has 0 fully saturated rings. The molecule has 5 nitrogen and oxygen atoms in total. The van der Waals surface area contributed by atoms with Crippen LogP contribution in [0.3, 0.4) is 0 Å². The maximum Gasteiger partial charge on any atom is 0.335 e. The van der Waals surface area contributed by atoms with Gasteiger partial charge in [-0.1, -0.05) is 38.7 Å². The molecular weight excluding hydrogens is 304 g/mol. The van der Waals surface area contributed by atoms with Gasteiger partial charge < -0.3 is 4.74 Å². The summed E-state index contributed by atoms with van der Waals surface area (Å²) in [5.41, 5.74) is 0. The maximum absolute atomic E-state index is 11.6. The number of unbranched alkanes of at least 4 members (excludes halogenated alkanes) is 5. The van der Waals surface area contributed by atoms with Crippen LogP contribution in [0.25, 0.3) is 0 Å². The van der Waals surface area contributed by atoms with Gasteiger partial charge in [0.1, 0.15) is 5.75 Å². The standard InChI is InChI=1S/C16H22O5S/c1-2-3-4-5-6-7-8-9-16(17)21-14-10-12-15(13-11-14)22(18,19)20/h8-13H,2-7H2,1H3,(H,18,19,20). The van der Waals surface area contributed by atoms with Crippen LogP contribution in [0.4, 0.5) is 0 Å². The molecule has 1 N–H and O–H groups in total. The van der Waals surface area contributed by atoms with Gasteiger partial charge >= 0.3 is 5.97 Å². The van der Waals surface area contributed by atoms with E-state index in [1.165, 1.54) is 49.6 Å². The first-order valence-corrected chi connectivity index (χ1v) is 8.83. The summed E-state index contributed by atoms with van der Waals surface area (Å²) in [6.45, 7) is 2.17. The number of carbonyl (C=O) groups is 1. The van der Waals surface area contributed by atoms with E-state index in [0.717, 1.165) is 19.3 Å². The van der Waals surface area contributed by atoms with E-state index in [1.54, 1.807) is 6.08 Å². The van der Waals surface area contributed by atoms with Crippen molar-refractivity contribution in [2.24, 2.45) is 0 Å². The monoisotopic (exact) mass is 326 g/mol. The fourth-order valence-corrected chi connectivity index (χ4v) is 2.36. The lowest BCUT2D eigenvalue weighted by molar-refractivity contribution is -0.129. The number of hydrogen-bond acceptors (Lipinski definition) is 4. The van der Waals surface area contributed by atoms with Crippen molar-refractivity contribution in [1.29, 1.82) is 0 Å². The highest BCUT2D eigenvalue weighted by Gasteiger charge is 2.09. The van der Waals surface area contributed by atoms with E-state index in [0.29, 0.717) is 0 Å². The summed E-state index contributed by atoms with van der Waals surface area (Å²) in [6.07, 6.45) is 9.85. The fraction of sp³-hybridized carbons (Fsp3) is 0.438. The minimum absolute atomic E-state index is 0.227. The smallest absolute Gasteiger partial charge is 0.335 e. The lowest BCUT2D eigenvalue weighted by Crippen LogP contribution is -2.04. The molecule has 0 bridgehead atoms. The number of benzene rings is 1. The molecule has 0 saturated heterocycles. The fourth-order valence-electron chi connectivity index (χ4n) is 1.88. The number of hydrogen-bond donors (Lipinski definition) is 1. The first-order valence-electron chi connectivity index (χ1n) is 7.39. The van der Waals surface area contributed by atoms with E-state index in [1.807, 2.05) is 0 Å². The Morgan fingerprint density at radius 3 is 2.36 bits per heavy atom. The quantitative estimate of drug-likeness (QED) is 0.246. The molecule has 1 aromatic rings. The van der Waals surface area contributed by atoms with Crippen molar-refractivity contribution < 1.29 is 22.5 Å². The minimum Gasteiger partial charge on any atom is -0.423 e. The highest BCUT2D eigenvalue weighted by Crippen LogP contribution is 2.16. The molecule has 1 aromatic carbocycles. The first-order chi connectivity index (χ1) is 10.4. The van der Waals surface area contributed by atoms with Gasteiger partial charge in [-0.15, -0.1) is 0 Å². The molecular formula is C16H22O5S. The SMILES string of the molecule is CCCCCCCC=CC(=O)Oc1ccc(S(=O)(=O)O)cc1. The Kier molecular flexibility index (Phi) is 7.84. The number of carbonyl (C=O) groups excluding carboxylic acids is 1. The highest BCUT2D eigenvalue weighted by molar-refractivity contribution is 7.85. The molecule has 22 heavy (non-hydrogen) atoms. The van der Waals surface area contributed by atoms with Crippen molar-refractivity contribution in [3.05, 3.63) is 36.4 Å².